The smallest absolute Gasteiger partial charge is 0.237 e. The van der Waals surface area contributed by atoms with Crippen LogP contribution in [0, 0.1) is 0 Å². The predicted octanol–water partition coefficient (Wildman–Crippen LogP) is 1.58. The van der Waals surface area contributed by atoms with Gasteiger partial charge < -0.3 is 15.0 Å². The maximum Gasteiger partial charge on any atom is 0.237 e. The molecular weight excluding hydrogens is 304 g/mol. The molecule has 1 fully saturated rings. The number of alkyl halides is 1. The van der Waals surface area contributed by atoms with Crippen LogP contribution in [0.1, 0.15) is 18.4 Å². The number of nitrogens with one attached hydrogen (secondary N) is 1. The Bertz CT molecular complexity index is 511. The Kier molecular flexibility index (Phi) is 6.07. The number of carbonyl (C=O) groups excluding carboxylic acids is 2. The summed E-state index contributed by atoms with van der Waals surface area (Å²) < 4.78 is 5.09. The van der Waals surface area contributed by atoms with Gasteiger partial charge in [0, 0.05) is 19.1 Å². The minimum atomic E-state index is -0.0373. The van der Waals surface area contributed by atoms with Crippen molar-refractivity contribution in [2.45, 2.75) is 25.3 Å². The van der Waals surface area contributed by atoms with Gasteiger partial charge >= 0.3 is 0 Å². The molecular formula is C16H21ClN2O3. The first kappa shape index (κ1) is 16.6. The maximum atomic E-state index is 12.1. The molecule has 1 aliphatic heterocycles. The summed E-state index contributed by atoms with van der Waals surface area (Å²) in [6, 6.07) is 7.60. The monoisotopic (exact) mass is 324 g/mol. The first-order chi connectivity index (χ1) is 10.6. The number of hydrogen-bond donors (Lipinski definition) is 1. The van der Waals surface area contributed by atoms with Gasteiger partial charge in [-0.05, 0) is 30.5 Å². The lowest BCUT2D eigenvalue weighted by atomic mass is 10.0. The highest BCUT2D eigenvalue weighted by Gasteiger charge is 2.23. The minimum Gasteiger partial charge on any atom is -0.497 e. The molecule has 1 saturated heterocycles. The van der Waals surface area contributed by atoms with Gasteiger partial charge in [-0.15, -0.1) is 11.6 Å². The first-order valence-corrected chi connectivity index (χ1v) is 7.92. The number of piperidine rings is 1. The van der Waals surface area contributed by atoms with E-state index in [0.29, 0.717) is 19.5 Å². The molecule has 0 bridgehead atoms. The molecule has 5 nitrogen and oxygen atoms in total. The molecule has 6 heteroatoms. The van der Waals surface area contributed by atoms with Crippen LogP contribution < -0.4 is 10.1 Å². The summed E-state index contributed by atoms with van der Waals surface area (Å²) in [5, 5.41) is 3.03. The van der Waals surface area contributed by atoms with E-state index in [9.17, 15) is 9.59 Å². The zero-order valence-electron chi connectivity index (χ0n) is 12.7. The molecule has 0 spiro atoms. The van der Waals surface area contributed by atoms with E-state index in [1.807, 2.05) is 24.3 Å². The van der Waals surface area contributed by atoms with Crippen LogP contribution in [0.3, 0.4) is 0 Å². The number of rotatable bonds is 5. The summed E-state index contributed by atoms with van der Waals surface area (Å²) in [6.07, 6.45) is 1.90. The van der Waals surface area contributed by atoms with E-state index < -0.39 is 0 Å². The van der Waals surface area contributed by atoms with Crippen molar-refractivity contribution in [3.05, 3.63) is 29.8 Å². The van der Waals surface area contributed by atoms with Crippen molar-refractivity contribution in [2.75, 3.05) is 26.1 Å². The van der Waals surface area contributed by atoms with E-state index >= 15 is 0 Å². The highest BCUT2D eigenvalue weighted by Crippen LogP contribution is 2.13. The molecule has 0 saturated carbocycles. The number of likely N-dealkylation sites (tertiary alicyclic amines) is 1. The van der Waals surface area contributed by atoms with E-state index in [1.165, 1.54) is 0 Å². The zero-order chi connectivity index (χ0) is 15.9. The summed E-state index contributed by atoms with van der Waals surface area (Å²) in [6.45, 7) is 1.30. The summed E-state index contributed by atoms with van der Waals surface area (Å²) >= 11 is 5.55. The molecule has 1 N–H and O–H groups in total. The van der Waals surface area contributed by atoms with E-state index in [-0.39, 0.29) is 23.7 Å². The van der Waals surface area contributed by atoms with Crippen molar-refractivity contribution in [1.82, 2.24) is 10.2 Å². The highest BCUT2D eigenvalue weighted by atomic mass is 35.5. The number of methoxy groups -OCH3 is 1. The van der Waals surface area contributed by atoms with Gasteiger partial charge in [-0.3, -0.25) is 9.59 Å². The van der Waals surface area contributed by atoms with Crippen LogP contribution in [-0.2, 0) is 16.0 Å². The summed E-state index contributed by atoms with van der Waals surface area (Å²) in [5.41, 5.74) is 0.952. The number of halogens is 1. The van der Waals surface area contributed by atoms with Crippen LogP contribution in [0.4, 0.5) is 0 Å². The lowest BCUT2D eigenvalue weighted by Gasteiger charge is -2.32. The van der Waals surface area contributed by atoms with Crippen LogP contribution in [0.25, 0.3) is 0 Å². The molecule has 0 aliphatic carbocycles. The zero-order valence-corrected chi connectivity index (χ0v) is 13.4. The fourth-order valence-corrected chi connectivity index (χ4v) is 2.73. The summed E-state index contributed by atoms with van der Waals surface area (Å²) in [5.74, 6) is 0.770. The van der Waals surface area contributed by atoms with Gasteiger partial charge in [0.25, 0.3) is 0 Å². The fraction of sp³-hybridized carbons (Fsp3) is 0.500. The second kappa shape index (κ2) is 8.03. The van der Waals surface area contributed by atoms with Crippen molar-refractivity contribution < 1.29 is 14.3 Å². The molecule has 22 heavy (non-hydrogen) atoms. The molecule has 1 aliphatic rings. The molecule has 1 aromatic rings. The average Bonchev–Trinajstić information content (AvgIpc) is 2.55. The van der Waals surface area contributed by atoms with Crippen LogP contribution >= 0.6 is 11.6 Å². The third-order valence-electron chi connectivity index (χ3n) is 3.85. The normalized spacial score (nSPS) is 15.5. The molecule has 120 valence electrons. The first-order valence-electron chi connectivity index (χ1n) is 7.38. The molecule has 2 amide bonds. The van der Waals surface area contributed by atoms with Crippen LogP contribution in [0.15, 0.2) is 24.3 Å². The lowest BCUT2D eigenvalue weighted by Crippen LogP contribution is -2.47. The van der Waals surface area contributed by atoms with Gasteiger partial charge in [0.15, 0.2) is 0 Å². The topological polar surface area (TPSA) is 58.6 Å². The predicted molar refractivity (Wildman–Crippen MR) is 85.2 cm³/mol. The Balaban J connectivity index is 1.77. The average molecular weight is 325 g/mol. The Morgan fingerprint density at radius 1 is 1.27 bits per heavy atom. The minimum absolute atomic E-state index is 0.00675. The largest absolute Gasteiger partial charge is 0.497 e. The molecule has 0 radical (unpaired) electrons. The number of hydrogen-bond acceptors (Lipinski definition) is 3. The van der Waals surface area contributed by atoms with E-state index in [1.54, 1.807) is 12.0 Å². The molecule has 1 aromatic carbocycles. The van der Waals surface area contributed by atoms with Crippen molar-refractivity contribution in [3.63, 3.8) is 0 Å². The maximum absolute atomic E-state index is 12.1. The summed E-state index contributed by atoms with van der Waals surface area (Å²) in [4.78, 5) is 25.3. The molecule has 0 unspecified atom stereocenters. The van der Waals surface area contributed by atoms with Crippen molar-refractivity contribution in [1.29, 1.82) is 0 Å². The third kappa shape index (κ3) is 4.63. The van der Waals surface area contributed by atoms with Crippen molar-refractivity contribution >= 4 is 23.4 Å². The number of nitrogens with zero attached hydrogens (tertiary/aromatic N) is 1. The van der Waals surface area contributed by atoms with E-state index in [4.69, 9.17) is 16.3 Å². The second-order valence-electron chi connectivity index (χ2n) is 5.38. The molecule has 1 heterocycles. The molecule has 2 rings (SSSR count). The third-order valence-corrected chi connectivity index (χ3v) is 4.08. The van der Waals surface area contributed by atoms with Gasteiger partial charge in [0.2, 0.25) is 11.8 Å². The standard InChI is InChI=1S/C16H21ClN2O3/c1-22-14-4-2-12(3-5-14)10-15(20)18-13-6-8-19(9-7-13)16(21)11-17/h2-5,13H,6-11H2,1H3,(H,18,20). The highest BCUT2D eigenvalue weighted by molar-refractivity contribution is 6.27. The van der Waals surface area contributed by atoms with E-state index in [0.717, 1.165) is 24.2 Å². The van der Waals surface area contributed by atoms with Gasteiger partial charge in [0.1, 0.15) is 11.6 Å². The van der Waals surface area contributed by atoms with Gasteiger partial charge in [-0.1, -0.05) is 12.1 Å². The van der Waals surface area contributed by atoms with Crippen molar-refractivity contribution in [2.24, 2.45) is 0 Å². The van der Waals surface area contributed by atoms with Crippen molar-refractivity contribution in [3.8, 4) is 5.75 Å². The van der Waals surface area contributed by atoms with Crippen LogP contribution in [0.5, 0.6) is 5.75 Å². The Labute approximate surface area is 135 Å². The van der Waals surface area contributed by atoms with Gasteiger partial charge in [-0.25, -0.2) is 0 Å². The van der Waals surface area contributed by atoms with Crippen LogP contribution in [0.2, 0.25) is 0 Å². The van der Waals surface area contributed by atoms with E-state index in [2.05, 4.69) is 5.32 Å². The Hall–Kier alpha value is -1.75. The molecule has 0 aromatic heterocycles. The summed E-state index contributed by atoms with van der Waals surface area (Å²) in [7, 11) is 1.61. The Morgan fingerprint density at radius 2 is 1.91 bits per heavy atom. The number of benzene rings is 1. The SMILES string of the molecule is COc1ccc(CC(=O)NC2CCN(C(=O)CCl)CC2)cc1. The lowest BCUT2D eigenvalue weighted by molar-refractivity contribution is -0.129. The molecule has 0 atom stereocenters. The second-order valence-corrected chi connectivity index (χ2v) is 5.65. The van der Waals surface area contributed by atoms with Gasteiger partial charge in [0.05, 0.1) is 13.5 Å². The number of carbonyl (C=O) groups is 2. The Morgan fingerprint density at radius 3 is 2.45 bits per heavy atom. The number of amides is 2. The van der Waals surface area contributed by atoms with Crippen LogP contribution in [-0.4, -0.2) is 48.8 Å². The fourth-order valence-electron chi connectivity index (χ4n) is 2.57. The quantitative estimate of drug-likeness (QED) is 0.837. The van der Waals surface area contributed by atoms with Gasteiger partial charge in [-0.2, -0.15) is 0 Å². The number of ether oxygens (including phenoxy) is 1.